The van der Waals surface area contributed by atoms with Crippen LogP contribution in [0.15, 0.2) is 58.9 Å². The number of thiophene rings is 1. The second kappa shape index (κ2) is 7.32. The molecule has 1 N–H and O–H groups in total. The topological polar surface area (TPSA) is 62.3 Å². The van der Waals surface area contributed by atoms with Gasteiger partial charge >= 0.3 is 0 Å². The molecule has 27 heavy (non-hydrogen) atoms. The number of pyridine rings is 1. The van der Waals surface area contributed by atoms with Crippen LogP contribution in [-0.2, 0) is 29.4 Å². The molecule has 0 aliphatic carbocycles. The zero-order valence-corrected chi connectivity index (χ0v) is 16.7. The molecule has 0 fully saturated rings. The zero-order valence-electron chi connectivity index (χ0n) is 15.1. The van der Waals surface area contributed by atoms with Crippen molar-refractivity contribution in [1.29, 1.82) is 0 Å². The summed E-state index contributed by atoms with van der Waals surface area (Å²) in [5.41, 5.74) is 3.73. The molecule has 0 atom stereocenters. The third-order valence-corrected chi connectivity index (χ3v) is 7.81. The van der Waals surface area contributed by atoms with Crippen molar-refractivity contribution in [3.63, 3.8) is 0 Å². The van der Waals surface area contributed by atoms with Crippen molar-refractivity contribution in [3.8, 4) is 0 Å². The van der Waals surface area contributed by atoms with E-state index in [2.05, 4.69) is 38.9 Å². The molecule has 1 aliphatic heterocycles. The normalized spacial score (nSPS) is 14.0. The van der Waals surface area contributed by atoms with Crippen molar-refractivity contribution in [2.45, 2.75) is 30.5 Å². The van der Waals surface area contributed by atoms with E-state index in [-0.39, 0.29) is 0 Å². The molecule has 140 valence electrons. The molecule has 0 unspecified atom stereocenters. The Kier molecular flexibility index (Phi) is 4.88. The summed E-state index contributed by atoms with van der Waals surface area (Å²) in [7, 11) is -3.59. The van der Waals surface area contributed by atoms with E-state index in [0.29, 0.717) is 10.0 Å². The highest BCUT2D eigenvalue weighted by atomic mass is 32.2. The van der Waals surface area contributed by atoms with Gasteiger partial charge in [-0.3, -0.25) is 4.72 Å². The molecule has 2 aromatic heterocycles. The second-order valence-electron chi connectivity index (χ2n) is 6.52. The van der Waals surface area contributed by atoms with Crippen LogP contribution in [0.25, 0.3) is 0 Å². The molecular formula is C20H21N3O2S2. The van der Waals surface area contributed by atoms with Crippen molar-refractivity contribution >= 4 is 32.9 Å². The van der Waals surface area contributed by atoms with E-state index in [4.69, 9.17) is 0 Å². The maximum absolute atomic E-state index is 12.5. The Morgan fingerprint density at radius 1 is 1.11 bits per heavy atom. The Morgan fingerprint density at radius 3 is 2.63 bits per heavy atom. The fourth-order valence-corrected chi connectivity index (χ4v) is 5.53. The van der Waals surface area contributed by atoms with E-state index in [1.807, 2.05) is 19.1 Å². The van der Waals surface area contributed by atoms with Gasteiger partial charge in [0.25, 0.3) is 10.0 Å². The Hall–Kier alpha value is -2.38. The molecule has 1 aliphatic rings. The molecule has 0 saturated heterocycles. The molecule has 1 aromatic carbocycles. The summed E-state index contributed by atoms with van der Waals surface area (Å²) in [4.78, 5) is 7.63. The zero-order chi connectivity index (χ0) is 18.9. The molecular weight excluding hydrogens is 378 g/mol. The third-order valence-electron chi connectivity index (χ3n) is 4.73. The Labute approximate surface area is 163 Å². The predicted molar refractivity (Wildman–Crippen MR) is 110 cm³/mol. The molecule has 0 spiro atoms. The van der Waals surface area contributed by atoms with Crippen LogP contribution < -0.4 is 9.62 Å². The van der Waals surface area contributed by atoms with Gasteiger partial charge in [-0.25, -0.2) is 13.4 Å². The van der Waals surface area contributed by atoms with Crippen LogP contribution in [0.4, 0.5) is 11.5 Å². The summed E-state index contributed by atoms with van der Waals surface area (Å²) < 4.78 is 27.9. The lowest BCUT2D eigenvalue weighted by Gasteiger charge is -2.30. The van der Waals surface area contributed by atoms with Gasteiger partial charge in [0.2, 0.25) is 0 Å². The minimum Gasteiger partial charge on any atom is -0.366 e. The van der Waals surface area contributed by atoms with Gasteiger partial charge in [0, 0.05) is 18.0 Å². The minimum absolute atomic E-state index is 0.317. The van der Waals surface area contributed by atoms with Gasteiger partial charge in [-0.15, -0.1) is 11.3 Å². The van der Waals surface area contributed by atoms with Crippen LogP contribution in [0, 0.1) is 0 Å². The van der Waals surface area contributed by atoms with Crippen molar-refractivity contribution in [2.24, 2.45) is 0 Å². The van der Waals surface area contributed by atoms with E-state index in [9.17, 15) is 8.42 Å². The molecule has 3 heterocycles. The molecule has 4 rings (SSSR count). The number of aryl methyl sites for hydroxylation is 1. The lowest BCUT2D eigenvalue weighted by molar-refractivity contribution is 0.603. The number of sulfonamides is 1. The number of anilines is 2. The number of fused-ring (bicyclic) bond motifs is 1. The summed E-state index contributed by atoms with van der Waals surface area (Å²) in [6, 6.07) is 15.6. The molecule has 0 amide bonds. The molecule has 5 nitrogen and oxygen atoms in total. The Balaban J connectivity index is 1.48. The first-order valence-corrected chi connectivity index (χ1v) is 11.2. The number of aromatic nitrogens is 1. The van der Waals surface area contributed by atoms with Crippen LogP contribution >= 0.6 is 11.3 Å². The third kappa shape index (κ3) is 3.84. The molecule has 7 heteroatoms. The van der Waals surface area contributed by atoms with Gasteiger partial charge in [0.1, 0.15) is 10.0 Å². The lowest BCUT2D eigenvalue weighted by atomic mass is 10.00. The van der Waals surface area contributed by atoms with E-state index >= 15 is 0 Å². The quantitative estimate of drug-likeness (QED) is 0.703. The number of hydrogen-bond donors (Lipinski definition) is 1. The van der Waals surface area contributed by atoms with Gasteiger partial charge in [0.05, 0.1) is 11.9 Å². The van der Waals surface area contributed by atoms with Crippen LogP contribution in [0.1, 0.15) is 22.9 Å². The highest BCUT2D eigenvalue weighted by Crippen LogP contribution is 2.26. The first-order valence-electron chi connectivity index (χ1n) is 8.94. The predicted octanol–water partition coefficient (Wildman–Crippen LogP) is 4.07. The molecule has 3 aromatic rings. The van der Waals surface area contributed by atoms with Gasteiger partial charge in [0.15, 0.2) is 0 Å². The number of nitrogens with zero attached hydrogens (tertiary/aromatic N) is 2. The number of rotatable bonds is 5. The van der Waals surface area contributed by atoms with Crippen LogP contribution in [0.3, 0.4) is 0 Å². The highest BCUT2D eigenvalue weighted by Gasteiger charge is 2.19. The van der Waals surface area contributed by atoms with Gasteiger partial charge < -0.3 is 4.90 Å². The first-order chi connectivity index (χ1) is 13.0. The van der Waals surface area contributed by atoms with Crippen molar-refractivity contribution in [2.75, 3.05) is 16.2 Å². The second-order valence-corrected chi connectivity index (χ2v) is 9.60. The van der Waals surface area contributed by atoms with Crippen molar-refractivity contribution < 1.29 is 8.42 Å². The standard InChI is InChI=1S/C20H21N3O2S2/c1-2-18-8-10-20(26-18)27(24,25)22-19-9-7-17(13-21-19)23-12-11-15-5-3-4-6-16(15)14-23/h3-10,13H,2,11-12,14H2,1H3,(H,21,22). The minimum atomic E-state index is -3.59. The van der Waals surface area contributed by atoms with Crippen molar-refractivity contribution in [1.82, 2.24) is 4.98 Å². The number of hydrogen-bond acceptors (Lipinski definition) is 5. The summed E-state index contributed by atoms with van der Waals surface area (Å²) in [6.07, 6.45) is 3.56. The fourth-order valence-electron chi connectivity index (χ4n) is 3.23. The largest absolute Gasteiger partial charge is 0.366 e. The summed E-state index contributed by atoms with van der Waals surface area (Å²) >= 11 is 1.29. The Bertz CT molecular complexity index is 1040. The fraction of sp³-hybridized carbons (Fsp3) is 0.250. The van der Waals surface area contributed by atoms with E-state index in [1.54, 1.807) is 18.3 Å². The van der Waals surface area contributed by atoms with E-state index in [1.165, 1.54) is 22.5 Å². The lowest BCUT2D eigenvalue weighted by Crippen LogP contribution is -2.30. The van der Waals surface area contributed by atoms with Gasteiger partial charge in [-0.05, 0) is 48.2 Å². The number of benzene rings is 1. The SMILES string of the molecule is CCc1ccc(S(=O)(=O)Nc2ccc(N3CCc4ccccc4C3)cn2)s1. The van der Waals surface area contributed by atoms with E-state index in [0.717, 1.165) is 36.5 Å². The first kappa shape index (κ1) is 18.0. The average Bonchev–Trinajstić information content (AvgIpc) is 3.18. The van der Waals surface area contributed by atoms with Crippen molar-refractivity contribution in [3.05, 3.63) is 70.7 Å². The van der Waals surface area contributed by atoms with Gasteiger partial charge in [-0.2, -0.15) is 0 Å². The van der Waals surface area contributed by atoms with E-state index < -0.39 is 10.0 Å². The smallest absolute Gasteiger partial charge is 0.272 e. The Morgan fingerprint density at radius 2 is 1.93 bits per heavy atom. The van der Waals surface area contributed by atoms with Gasteiger partial charge in [-0.1, -0.05) is 31.2 Å². The van der Waals surface area contributed by atoms with Crippen LogP contribution in [-0.4, -0.2) is 19.9 Å². The number of nitrogens with one attached hydrogen (secondary N) is 1. The average molecular weight is 400 g/mol. The monoisotopic (exact) mass is 399 g/mol. The molecule has 0 bridgehead atoms. The van der Waals surface area contributed by atoms with Crippen LogP contribution in [0.5, 0.6) is 0 Å². The molecule has 0 saturated carbocycles. The molecule has 0 radical (unpaired) electrons. The maximum atomic E-state index is 12.5. The highest BCUT2D eigenvalue weighted by molar-refractivity contribution is 7.94. The summed E-state index contributed by atoms with van der Waals surface area (Å²) in [6.45, 7) is 3.78. The summed E-state index contributed by atoms with van der Waals surface area (Å²) in [5, 5.41) is 0. The maximum Gasteiger partial charge on any atom is 0.272 e. The van der Waals surface area contributed by atoms with Crippen LogP contribution in [0.2, 0.25) is 0 Å². The summed E-state index contributed by atoms with van der Waals surface area (Å²) in [5.74, 6) is 0.336.